The van der Waals surface area contributed by atoms with Gasteiger partial charge in [0.15, 0.2) is 11.5 Å². The molecule has 0 aliphatic heterocycles. The SMILES string of the molecule is COc1ccc(-c2noc(CCC(=O)NCCc3ccc(F)cc3)n2)cc1OC. The molecule has 8 heteroatoms. The lowest BCUT2D eigenvalue weighted by molar-refractivity contribution is -0.121. The fourth-order valence-electron chi connectivity index (χ4n) is 2.76. The topological polar surface area (TPSA) is 86.5 Å². The smallest absolute Gasteiger partial charge is 0.227 e. The summed E-state index contributed by atoms with van der Waals surface area (Å²) in [4.78, 5) is 16.3. The minimum Gasteiger partial charge on any atom is -0.493 e. The summed E-state index contributed by atoms with van der Waals surface area (Å²) in [6.45, 7) is 0.477. The first-order valence-corrected chi connectivity index (χ1v) is 9.15. The van der Waals surface area contributed by atoms with E-state index >= 15 is 0 Å². The molecular weight excluding hydrogens is 377 g/mol. The van der Waals surface area contributed by atoms with E-state index in [2.05, 4.69) is 15.5 Å². The second-order valence-corrected chi connectivity index (χ2v) is 6.31. The zero-order chi connectivity index (χ0) is 20.6. The van der Waals surface area contributed by atoms with Crippen molar-refractivity contribution in [3.05, 3.63) is 59.7 Å². The van der Waals surface area contributed by atoms with Gasteiger partial charge in [0.2, 0.25) is 17.6 Å². The van der Waals surface area contributed by atoms with Crippen LogP contribution in [0, 0.1) is 5.82 Å². The molecule has 1 amide bonds. The van der Waals surface area contributed by atoms with Crippen LogP contribution in [0.5, 0.6) is 11.5 Å². The van der Waals surface area contributed by atoms with Crippen LogP contribution in [0.3, 0.4) is 0 Å². The van der Waals surface area contributed by atoms with Gasteiger partial charge in [-0.25, -0.2) is 4.39 Å². The molecule has 0 atom stereocenters. The zero-order valence-electron chi connectivity index (χ0n) is 16.3. The predicted octanol–water partition coefficient (Wildman–Crippen LogP) is 3.18. The highest BCUT2D eigenvalue weighted by atomic mass is 19.1. The van der Waals surface area contributed by atoms with E-state index in [0.717, 1.165) is 11.1 Å². The number of aromatic nitrogens is 2. The molecule has 3 rings (SSSR count). The highest BCUT2D eigenvalue weighted by Crippen LogP contribution is 2.31. The van der Waals surface area contributed by atoms with Crippen LogP contribution in [0.25, 0.3) is 11.4 Å². The largest absolute Gasteiger partial charge is 0.493 e. The Kier molecular flexibility index (Phi) is 6.78. The summed E-state index contributed by atoms with van der Waals surface area (Å²) in [6, 6.07) is 11.5. The van der Waals surface area contributed by atoms with E-state index in [9.17, 15) is 9.18 Å². The number of hydrogen-bond acceptors (Lipinski definition) is 6. The zero-order valence-corrected chi connectivity index (χ0v) is 16.3. The van der Waals surface area contributed by atoms with Gasteiger partial charge in [-0.2, -0.15) is 4.98 Å². The lowest BCUT2D eigenvalue weighted by Crippen LogP contribution is -2.25. The highest BCUT2D eigenvalue weighted by Gasteiger charge is 2.13. The fourth-order valence-corrected chi connectivity index (χ4v) is 2.76. The van der Waals surface area contributed by atoms with E-state index in [1.54, 1.807) is 44.6 Å². The number of carbonyl (C=O) groups excluding carboxylic acids is 1. The van der Waals surface area contributed by atoms with Gasteiger partial charge in [-0.05, 0) is 42.3 Å². The molecule has 0 spiro atoms. The Morgan fingerprint density at radius 1 is 1.07 bits per heavy atom. The number of nitrogens with zero attached hydrogens (tertiary/aromatic N) is 2. The van der Waals surface area contributed by atoms with E-state index in [0.29, 0.717) is 42.6 Å². The van der Waals surface area contributed by atoms with Crippen LogP contribution in [0.2, 0.25) is 0 Å². The van der Waals surface area contributed by atoms with Crippen molar-refractivity contribution in [1.29, 1.82) is 0 Å². The molecule has 0 saturated carbocycles. The predicted molar refractivity (Wildman–Crippen MR) is 104 cm³/mol. The molecule has 1 aromatic heterocycles. The molecule has 1 heterocycles. The van der Waals surface area contributed by atoms with Crippen molar-refractivity contribution >= 4 is 5.91 Å². The van der Waals surface area contributed by atoms with E-state index in [-0.39, 0.29) is 18.1 Å². The van der Waals surface area contributed by atoms with Gasteiger partial charge < -0.3 is 19.3 Å². The van der Waals surface area contributed by atoms with Crippen LogP contribution in [0.4, 0.5) is 4.39 Å². The van der Waals surface area contributed by atoms with Crippen LogP contribution in [0.1, 0.15) is 17.9 Å². The standard InChI is InChI=1S/C21H22FN3O4/c1-27-17-8-5-15(13-18(17)28-2)21-24-20(29-25-21)10-9-19(26)23-12-11-14-3-6-16(22)7-4-14/h3-8,13H,9-12H2,1-2H3,(H,23,26). The van der Waals surface area contributed by atoms with E-state index in [4.69, 9.17) is 14.0 Å². The summed E-state index contributed by atoms with van der Waals surface area (Å²) in [7, 11) is 3.12. The van der Waals surface area contributed by atoms with Gasteiger partial charge in [0, 0.05) is 24.9 Å². The summed E-state index contributed by atoms with van der Waals surface area (Å²) in [5.41, 5.74) is 1.68. The number of carbonyl (C=O) groups is 1. The summed E-state index contributed by atoms with van der Waals surface area (Å²) < 4.78 is 28.6. The molecule has 0 radical (unpaired) electrons. The molecule has 0 aliphatic rings. The molecule has 3 aromatic rings. The first-order chi connectivity index (χ1) is 14.1. The van der Waals surface area contributed by atoms with Crippen LogP contribution < -0.4 is 14.8 Å². The molecule has 29 heavy (non-hydrogen) atoms. The normalized spacial score (nSPS) is 10.6. The monoisotopic (exact) mass is 399 g/mol. The summed E-state index contributed by atoms with van der Waals surface area (Å²) in [6.07, 6.45) is 1.20. The van der Waals surface area contributed by atoms with Crippen molar-refractivity contribution in [2.75, 3.05) is 20.8 Å². The Balaban J connectivity index is 1.48. The van der Waals surface area contributed by atoms with Gasteiger partial charge in [-0.3, -0.25) is 4.79 Å². The third kappa shape index (κ3) is 5.54. The van der Waals surface area contributed by atoms with Crippen molar-refractivity contribution < 1.29 is 23.2 Å². The van der Waals surface area contributed by atoms with Gasteiger partial charge in [-0.15, -0.1) is 0 Å². The van der Waals surface area contributed by atoms with Gasteiger partial charge >= 0.3 is 0 Å². The molecule has 152 valence electrons. The maximum atomic E-state index is 12.9. The van der Waals surface area contributed by atoms with Crippen molar-refractivity contribution in [3.8, 4) is 22.9 Å². The van der Waals surface area contributed by atoms with Gasteiger partial charge in [0.1, 0.15) is 5.82 Å². The Bertz CT molecular complexity index is 957. The molecule has 0 fully saturated rings. The number of methoxy groups -OCH3 is 2. The molecule has 7 nitrogen and oxygen atoms in total. The van der Waals surface area contributed by atoms with E-state index in [1.807, 2.05) is 0 Å². The average molecular weight is 399 g/mol. The van der Waals surface area contributed by atoms with Crippen LogP contribution in [-0.4, -0.2) is 36.8 Å². The number of hydrogen-bond donors (Lipinski definition) is 1. The summed E-state index contributed by atoms with van der Waals surface area (Å²) in [5, 5.41) is 6.79. The average Bonchev–Trinajstić information content (AvgIpc) is 3.22. The Labute approximate surface area is 167 Å². The molecule has 0 aliphatic carbocycles. The van der Waals surface area contributed by atoms with Crippen molar-refractivity contribution in [2.45, 2.75) is 19.3 Å². The highest BCUT2D eigenvalue weighted by molar-refractivity contribution is 5.76. The maximum Gasteiger partial charge on any atom is 0.227 e. The van der Waals surface area contributed by atoms with E-state index in [1.165, 1.54) is 12.1 Å². The van der Waals surface area contributed by atoms with Gasteiger partial charge in [-0.1, -0.05) is 17.3 Å². The van der Waals surface area contributed by atoms with Gasteiger partial charge in [0.05, 0.1) is 14.2 Å². The number of halogens is 1. The quantitative estimate of drug-likeness (QED) is 0.595. The number of aryl methyl sites for hydroxylation is 1. The fraction of sp³-hybridized carbons (Fsp3) is 0.286. The Morgan fingerprint density at radius 2 is 1.83 bits per heavy atom. The van der Waals surface area contributed by atoms with Crippen LogP contribution in [-0.2, 0) is 17.6 Å². The minimum atomic E-state index is -0.273. The summed E-state index contributed by atoms with van der Waals surface area (Å²) in [5.74, 6) is 1.58. The molecule has 0 bridgehead atoms. The minimum absolute atomic E-state index is 0.113. The van der Waals surface area contributed by atoms with Crippen molar-refractivity contribution in [3.63, 3.8) is 0 Å². The molecule has 1 N–H and O–H groups in total. The molecule has 0 unspecified atom stereocenters. The Morgan fingerprint density at radius 3 is 2.55 bits per heavy atom. The van der Waals surface area contributed by atoms with Crippen LogP contribution >= 0.6 is 0 Å². The third-order valence-electron chi connectivity index (χ3n) is 4.32. The van der Waals surface area contributed by atoms with E-state index < -0.39 is 0 Å². The number of nitrogens with one attached hydrogen (secondary N) is 1. The van der Waals surface area contributed by atoms with Crippen molar-refractivity contribution in [2.24, 2.45) is 0 Å². The third-order valence-corrected chi connectivity index (χ3v) is 4.32. The molecular formula is C21H22FN3O4. The number of amides is 1. The Hall–Kier alpha value is -3.42. The maximum absolute atomic E-state index is 12.9. The second-order valence-electron chi connectivity index (χ2n) is 6.31. The number of rotatable bonds is 9. The van der Waals surface area contributed by atoms with Crippen LogP contribution in [0.15, 0.2) is 47.0 Å². The van der Waals surface area contributed by atoms with Gasteiger partial charge in [0.25, 0.3) is 0 Å². The molecule has 2 aromatic carbocycles. The first-order valence-electron chi connectivity index (χ1n) is 9.15. The summed E-state index contributed by atoms with van der Waals surface area (Å²) >= 11 is 0. The lowest BCUT2D eigenvalue weighted by Gasteiger charge is -2.07. The second kappa shape index (κ2) is 9.68. The number of benzene rings is 2. The first kappa shape index (κ1) is 20.3. The van der Waals surface area contributed by atoms with Crippen molar-refractivity contribution in [1.82, 2.24) is 15.5 Å². The lowest BCUT2D eigenvalue weighted by atomic mass is 10.1. The number of ether oxygens (including phenoxy) is 2. The molecule has 0 saturated heterocycles.